The number of ether oxygens (including phenoxy) is 1. The lowest BCUT2D eigenvalue weighted by Gasteiger charge is -2.48. The molecule has 1 heterocycles. The van der Waals surface area contributed by atoms with Crippen molar-refractivity contribution >= 4 is 29.1 Å². The van der Waals surface area contributed by atoms with Crippen LogP contribution >= 0.6 is 11.6 Å². The minimum Gasteiger partial charge on any atom is -0.489 e. The Morgan fingerprint density at radius 2 is 1.44 bits per heavy atom. The molecule has 0 amide bonds. The van der Waals surface area contributed by atoms with Gasteiger partial charge in [-0.2, -0.15) is 0 Å². The first-order valence-electron chi connectivity index (χ1n) is 13.3. The summed E-state index contributed by atoms with van der Waals surface area (Å²) in [4.78, 5) is 41.6. The van der Waals surface area contributed by atoms with E-state index in [9.17, 15) is 19.5 Å². The number of para-hydroxylation sites is 1. The van der Waals surface area contributed by atoms with Gasteiger partial charge in [-0.3, -0.25) is 14.4 Å². The first-order chi connectivity index (χ1) is 18.3. The molecule has 204 valence electrons. The number of Topliss-reactive ketones (excluding diaryl/α,β-unsaturated/α-hetero) is 2. The van der Waals surface area contributed by atoms with Gasteiger partial charge in [0.05, 0.1) is 0 Å². The third-order valence-electron chi connectivity index (χ3n) is 7.85. The zero-order valence-electron chi connectivity index (χ0n) is 22.8. The molecule has 7 heteroatoms. The van der Waals surface area contributed by atoms with Crippen LogP contribution in [-0.2, 0) is 21.0 Å². The van der Waals surface area contributed by atoms with Gasteiger partial charge in [0.2, 0.25) is 0 Å². The molecule has 3 aliphatic rings. The van der Waals surface area contributed by atoms with Crippen LogP contribution in [0.1, 0.15) is 70.4 Å². The number of rotatable bonds is 6. The van der Waals surface area contributed by atoms with Crippen molar-refractivity contribution in [1.29, 1.82) is 0 Å². The van der Waals surface area contributed by atoms with Crippen LogP contribution in [-0.4, -0.2) is 34.1 Å². The molecule has 0 unspecified atom stereocenters. The van der Waals surface area contributed by atoms with Crippen molar-refractivity contribution in [3.63, 3.8) is 0 Å². The van der Waals surface area contributed by atoms with E-state index >= 15 is 0 Å². The quantitative estimate of drug-likeness (QED) is 0.434. The number of benzene rings is 2. The van der Waals surface area contributed by atoms with Gasteiger partial charge in [-0.15, -0.1) is 0 Å². The SMILES string of the molecule is CC1(C)CC(=O)C2=C(C1)N(CC(=O)O)C1=C(C(=O)CC(C)(C)C1)C2c1ccccc1OCc1ccc(Cl)cc1. The first-order valence-corrected chi connectivity index (χ1v) is 13.7. The fourth-order valence-electron chi connectivity index (χ4n) is 6.28. The first kappa shape index (κ1) is 27.2. The van der Waals surface area contributed by atoms with E-state index in [1.165, 1.54) is 0 Å². The number of allylic oxidation sites excluding steroid dienone is 4. The van der Waals surface area contributed by atoms with Crippen LogP contribution in [0.5, 0.6) is 5.75 Å². The average Bonchev–Trinajstić information content (AvgIpc) is 2.83. The second kappa shape index (κ2) is 9.98. The highest BCUT2D eigenvalue weighted by molar-refractivity contribution is 6.30. The molecule has 2 aliphatic carbocycles. The molecule has 0 saturated heterocycles. The van der Waals surface area contributed by atoms with Crippen LogP contribution in [0.2, 0.25) is 5.02 Å². The Morgan fingerprint density at radius 1 is 0.897 bits per heavy atom. The summed E-state index contributed by atoms with van der Waals surface area (Å²) in [6, 6.07) is 15.0. The standard InChI is InChI=1S/C32H34ClNO5/c1-31(2)13-22-29(24(35)15-31)28(30-23(34(22)17-27(37)38)14-32(3,4)16-25(30)36)21-7-5-6-8-26(21)39-18-19-9-11-20(33)12-10-19/h5-12,28H,13-18H2,1-4H3,(H,37,38). The van der Waals surface area contributed by atoms with E-state index in [0.29, 0.717) is 54.2 Å². The maximum absolute atomic E-state index is 13.9. The fourth-order valence-corrected chi connectivity index (χ4v) is 6.40. The number of carbonyl (C=O) groups is 3. The number of aliphatic carboxylic acids is 1. The van der Waals surface area contributed by atoms with E-state index in [0.717, 1.165) is 22.5 Å². The lowest BCUT2D eigenvalue weighted by Crippen LogP contribution is -2.45. The topological polar surface area (TPSA) is 83.9 Å². The number of carboxylic acid groups (broad SMARTS) is 1. The summed E-state index contributed by atoms with van der Waals surface area (Å²) in [7, 11) is 0. The summed E-state index contributed by atoms with van der Waals surface area (Å²) in [5.74, 6) is -1.09. The lowest BCUT2D eigenvalue weighted by atomic mass is 9.63. The van der Waals surface area contributed by atoms with Gasteiger partial charge in [-0.05, 0) is 47.4 Å². The summed E-state index contributed by atoms with van der Waals surface area (Å²) in [5, 5.41) is 10.5. The number of hydrogen-bond donors (Lipinski definition) is 1. The maximum Gasteiger partial charge on any atom is 0.323 e. The summed E-state index contributed by atoms with van der Waals surface area (Å²) in [5.41, 5.74) is 3.55. The number of halogens is 1. The highest BCUT2D eigenvalue weighted by Gasteiger charge is 2.49. The number of carbonyl (C=O) groups excluding carboxylic acids is 2. The third-order valence-corrected chi connectivity index (χ3v) is 8.10. The van der Waals surface area contributed by atoms with Crippen molar-refractivity contribution in [2.75, 3.05) is 6.54 Å². The predicted octanol–water partition coefficient (Wildman–Crippen LogP) is 6.69. The molecule has 2 aromatic rings. The summed E-state index contributed by atoms with van der Waals surface area (Å²) < 4.78 is 6.30. The zero-order valence-corrected chi connectivity index (χ0v) is 23.6. The summed E-state index contributed by atoms with van der Waals surface area (Å²) in [6.07, 6.45) is 1.77. The Morgan fingerprint density at radius 3 is 1.97 bits per heavy atom. The van der Waals surface area contributed by atoms with Gasteiger partial charge in [0.25, 0.3) is 0 Å². The molecule has 0 radical (unpaired) electrons. The Hall–Kier alpha value is -3.38. The van der Waals surface area contributed by atoms with Gasteiger partial charge < -0.3 is 14.7 Å². The van der Waals surface area contributed by atoms with Crippen molar-refractivity contribution in [3.05, 3.63) is 87.2 Å². The second-order valence-electron chi connectivity index (χ2n) is 12.5. The van der Waals surface area contributed by atoms with E-state index in [1.54, 1.807) is 4.90 Å². The number of hydrogen-bond acceptors (Lipinski definition) is 5. The van der Waals surface area contributed by atoms with E-state index in [4.69, 9.17) is 16.3 Å². The van der Waals surface area contributed by atoms with E-state index < -0.39 is 11.9 Å². The summed E-state index contributed by atoms with van der Waals surface area (Å²) >= 11 is 6.04. The van der Waals surface area contributed by atoms with Gasteiger partial charge in [0, 0.05) is 51.9 Å². The molecule has 0 fully saturated rings. The van der Waals surface area contributed by atoms with E-state index in [1.807, 2.05) is 76.2 Å². The Kier molecular flexibility index (Phi) is 6.96. The highest BCUT2D eigenvalue weighted by atomic mass is 35.5. The molecular weight excluding hydrogens is 514 g/mol. The molecule has 0 saturated carbocycles. The molecule has 39 heavy (non-hydrogen) atoms. The minimum absolute atomic E-state index is 0.0432. The van der Waals surface area contributed by atoms with Crippen LogP contribution in [0.15, 0.2) is 71.1 Å². The number of ketones is 2. The molecule has 2 aromatic carbocycles. The van der Waals surface area contributed by atoms with Crippen molar-refractivity contribution in [2.24, 2.45) is 10.8 Å². The zero-order chi connectivity index (χ0) is 28.1. The van der Waals surface area contributed by atoms with Gasteiger partial charge >= 0.3 is 5.97 Å². The molecule has 1 N–H and O–H groups in total. The van der Waals surface area contributed by atoms with Crippen molar-refractivity contribution in [1.82, 2.24) is 4.90 Å². The lowest BCUT2D eigenvalue weighted by molar-refractivity contribution is -0.138. The second-order valence-corrected chi connectivity index (χ2v) is 12.9. The molecule has 0 spiro atoms. The van der Waals surface area contributed by atoms with Crippen molar-refractivity contribution in [2.45, 2.75) is 65.9 Å². The molecule has 0 bridgehead atoms. The Bertz CT molecular complexity index is 1360. The number of nitrogens with zero attached hydrogens (tertiary/aromatic N) is 1. The molecule has 0 atom stereocenters. The average molecular weight is 548 g/mol. The highest BCUT2D eigenvalue weighted by Crippen LogP contribution is 2.55. The van der Waals surface area contributed by atoms with Crippen LogP contribution < -0.4 is 4.74 Å². The smallest absolute Gasteiger partial charge is 0.323 e. The van der Waals surface area contributed by atoms with Crippen molar-refractivity contribution < 1.29 is 24.2 Å². The fraction of sp³-hybridized carbons (Fsp3) is 0.406. The minimum atomic E-state index is -0.995. The molecular formula is C32H34ClNO5. The maximum atomic E-state index is 13.9. The van der Waals surface area contributed by atoms with Gasteiger partial charge in [-0.1, -0.05) is 69.6 Å². The number of carboxylic acids is 1. The van der Waals surface area contributed by atoms with Crippen molar-refractivity contribution in [3.8, 4) is 5.75 Å². The van der Waals surface area contributed by atoms with Crippen LogP contribution in [0, 0.1) is 10.8 Å². The third kappa shape index (κ3) is 5.40. The molecule has 1 aliphatic heterocycles. The monoisotopic (exact) mass is 547 g/mol. The Labute approximate surface area is 234 Å². The van der Waals surface area contributed by atoms with Gasteiger partial charge in [0.1, 0.15) is 18.9 Å². The van der Waals surface area contributed by atoms with Crippen LogP contribution in [0.4, 0.5) is 0 Å². The predicted molar refractivity (Wildman–Crippen MR) is 149 cm³/mol. The molecule has 6 nitrogen and oxygen atoms in total. The van der Waals surface area contributed by atoms with Crippen LogP contribution in [0.3, 0.4) is 0 Å². The molecule has 5 rings (SSSR count). The summed E-state index contributed by atoms with van der Waals surface area (Å²) in [6.45, 7) is 8.15. The normalized spacial score (nSPS) is 20.6. The van der Waals surface area contributed by atoms with E-state index in [-0.39, 0.29) is 28.9 Å². The van der Waals surface area contributed by atoms with Gasteiger partial charge in [0.15, 0.2) is 11.6 Å². The van der Waals surface area contributed by atoms with Crippen LogP contribution in [0.25, 0.3) is 0 Å². The Balaban J connectivity index is 1.68. The molecule has 0 aromatic heterocycles. The van der Waals surface area contributed by atoms with Gasteiger partial charge in [-0.25, -0.2) is 0 Å². The largest absolute Gasteiger partial charge is 0.489 e. The van der Waals surface area contributed by atoms with E-state index in [2.05, 4.69) is 0 Å².